The van der Waals surface area contributed by atoms with E-state index in [0.717, 1.165) is 25.7 Å². The molecule has 0 unspecified atom stereocenters. The van der Waals surface area contributed by atoms with Crippen molar-refractivity contribution >= 4 is 33.4 Å². The normalized spacial score (nSPS) is 15.4. The number of carbonyl (C=O) groups excluding carboxylic acids is 1. The summed E-state index contributed by atoms with van der Waals surface area (Å²) in [6.45, 7) is 2.85. The molecule has 2 aromatic rings. The zero-order valence-electron chi connectivity index (χ0n) is 17.8. The second kappa shape index (κ2) is 10.4. The Kier molecular flexibility index (Phi) is 7.90. The van der Waals surface area contributed by atoms with E-state index in [1.165, 1.54) is 23.9 Å². The predicted molar refractivity (Wildman–Crippen MR) is 122 cm³/mol. The van der Waals surface area contributed by atoms with Gasteiger partial charge in [0.05, 0.1) is 4.90 Å². The van der Waals surface area contributed by atoms with Gasteiger partial charge in [0.25, 0.3) is 5.56 Å². The van der Waals surface area contributed by atoms with Gasteiger partial charge in [0.1, 0.15) is 0 Å². The number of amides is 1. The molecule has 1 saturated heterocycles. The first kappa shape index (κ1) is 23.5. The van der Waals surface area contributed by atoms with Gasteiger partial charge in [0.15, 0.2) is 5.16 Å². The first-order chi connectivity index (χ1) is 14.8. The third kappa shape index (κ3) is 5.96. The van der Waals surface area contributed by atoms with Crippen molar-refractivity contribution < 1.29 is 13.2 Å². The number of H-pyrrole nitrogens is 1. The number of hydrogen-bond acceptors (Lipinski definition) is 6. The van der Waals surface area contributed by atoms with Gasteiger partial charge >= 0.3 is 0 Å². The molecular formula is C21H28N4O4S2. The van der Waals surface area contributed by atoms with Gasteiger partial charge in [-0.15, -0.1) is 0 Å². The van der Waals surface area contributed by atoms with Crippen molar-refractivity contribution in [3.8, 4) is 0 Å². The molecule has 0 aliphatic carbocycles. The molecule has 1 aliphatic heterocycles. The number of benzene rings is 1. The monoisotopic (exact) mass is 464 g/mol. The summed E-state index contributed by atoms with van der Waals surface area (Å²) in [5.41, 5.74) is 1.39. The Labute approximate surface area is 186 Å². The van der Waals surface area contributed by atoms with Crippen LogP contribution in [-0.2, 0) is 21.2 Å². The molecule has 1 aromatic heterocycles. The van der Waals surface area contributed by atoms with Crippen molar-refractivity contribution in [3.63, 3.8) is 0 Å². The fraction of sp³-hybridized carbons (Fsp3) is 0.476. The lowest BCUT2D eigenvalue weighted by atomic mass is 10.1. The lowest BCUT2D eigenvalue weighted by Crippen LogP contribution is -2.31. The molecule has 0 spiro atoms. The SMILES string of the molecule is CSc1nc(C)c(CCC(=O)Nc2ccc(S(=O)(=O)N3CCCCCC3)cc2)c(=O)[nH]1. The molecule has 2 heterocycles. The highest BCUT2D eigenvalue weighted by molar-refractivity contribution is 7.98. The van der Waals surface area contributed by atoms with Gasteiger partial charge in [-0.05, 0) is 56.7 Å². The fourth-order valence-electron chi connectivity index (χ4n) is 3.58. The molecule has 8 nitrogen and oxygen atoms in total. The molecule has 1 fully saturated rings. The maximum absolute atomic E-state index is 12.8. The van der Waals surface area contributed by atoms with Crippen molar-refractivity contribution in [1.29, 1.82) is 0 Å². The third-order valence-corrected chi connectivity index (χ3v) is 7.83. The Morgan fingerprint density at radius 2 is 1.81 bits per heavy atom. The summed E-state index contributed by atoms with van der Waals surface area (Å²) in [6, 6.07) is 6.23. The predicted octanol–water partition coefficient (Wildman–Crippen LogP) is 2.94. The lowest BCUT2D eigenvalue weighted by Gasteiger charge is -2.20. The smallest absolute Gasteiger partial charge is 0.254 e. The van der Waals surface area contributed by atoms with Crippen molar-refractivity contribution in [3.05, 3.63) is 45.9 Å². The Morgan fingerprint density at radius 1 is 1.16 bits per heavy atom. The van der Waals surface area contributed by atoms with Gasteiger partial charge in [-0.1, -0.05) is 24.6 Å². The van der Waals surface area contributed by atoms with E-state index < -0.39 is 10.0 Å². The van der Waals surface area contributed by atoms with Gasteiger partial charge in [-0.2, -0.15) is 4.31 Å². The van der Waals surface area contributed by atoms with Gasteiger partial charge in [-0.25, -0.2) is 13.4 Å². The first-order valence-electron chi connectivity index (χ1n) is 10.3. The van der Waals surface area contributed by atoms with Crippen LogP contribution in [0.1, 0.15) is 43.4 Å². The highest BCUT2D eigenvalue weighted by Crippen LogP contribution is 2.22. The van der Waals surface area contributed by atoms with Crippen LogP contribution in [0, 0.1) is 6.92 Å². The van der Waals surface area contributed by atoms with Crippen LogP contribution in [-0.4, -0.2) is 47.9 Å². The zero-order valence-corrected chi connectivity index (χ0v) is 19.4. The number of nitrogens with zero attached hydrogens (tertiary/aromatic N) is 2. The summed E-state index contributed by atoms with van der Waals surface area (Å²) in [6.07, 6.45) is 6.10. The maximum Gasteiger partial charge on any atom is 0.254 e. The Morgan fingerprint density at radius 3 is 2.39 bits per heavy atom. The maximum atomic E-state index is 12.8. The van der Waals surface area contributed by atoms with E-state index in [4.69, 9.17) is 0 Å². The summed E-state index contributed by atoms with van der Waals surface area (Å²) in [7, 11) is -3.52. The molecule has 0 saturated carbocycles. The molecular weight excluding hydrogens is 436 g/mol. The minimum Gasteiger partial charge on any atom is -0.326 e. The van der Waals surface area contributed by atoms with Gasteiger partial charge < -0.3 is 10.3 Å². The van der Waals surface area contributed by atoms with Gasteiger partial charge in [0, 0.05) is 36.5 Å². The number of anilines is 1. The summed E-state index contributed by atoms with van der Waals surface area (Å²) in [5, 5.41) is 3.30. The molecule has 0 atom stereocenters. The zero-order chi connectivity index (χ0) is 22.4. The van der Waals surface area contributed by atoms with Crippen molar-refractivity contribution in [1.82, 2.24) is 14.3 Å². The van der Waals surface area contributed by atoms with Crippen molar-refractivity contribution in [2.24, 2.45) is 0 Å². The molecule has 168 valence electrons. The highest BCUT2D eigenvalue weighted by atomic mass is 32.2. The minimum atomic E-state index is -3.52. The average Bonchev–Trinajstić information content (AvgIpc) is 3.03. The van der Waals surface area contributed by atoms with Crippen LogP contribution in [0.25, 0.3) is 0 Å². The van der Waals surface area contributed by atoms with E-state index >= 15 is 0 Å². The number of sulfonamides is 1. The lowest BCUT2D eigenvalue weighted by molar-refractivity contribution is -0.116. The van der Waals surface area contributed by atoms with E-state index in [0.29, 0.717) is 35.2 Å². The summed E-state index contributed by atoms with van der Waals surface area (Å²) < 4.78 is 27.2. The Balaban J connectivity index is 1.61. The topological polar surface area (TPSA) is 112 Å². The van der Waals surface area contributed by atoms with Gasteiger partial charge in [0.2, 0.25) is 15.9 Å². The second-order valence-corrected chi connectivity index (χ2v) is 10.3. The molecule has 0 radical (unpaired) electrons. The Hall–Kier alpha value is -2.17. The van der Waals surface area contributed by atoms with Crippen molar-refractivity contribution in [2.45, 2.75) is 55.5 Å². The highest BCUT2D eigenvalue weighted by Gasteiger charge is 2.25. The quantitative estimate of drug-likeness (QED) is 0.481. The number of aryl methyl sites for hydroxylation is 1. The van der Waals surface area contributed by atoms with Crippen LogP contribution >= 0.6 is 11.8 Å². The van der Waals surface area contributed by atoms with Crippen LogP contribution in [0.2, 0.25) is 0 Å². The van der Waals surface area contributed by atoms with E-state index in [1.807, 2.05) is 6.26 Å². The molecule has 31 heavy (non-hydrogen) atoms. The fourth-order valence-corrected chi connectivity index (χ4v) is 5.52. The largest absolute Gasteiger partial charge is 0.326 e. The summed E-state index contributed by atoms with van der Waals surface area (Å²) in [5.74, 6) is -0.254. The molecule has 2 N–H and O–H groups in total. The summed E-state index contributed by atoms with van der Waals surface area (Å²) in [4.78, 5) is 31.7. The average molecular weight is 465 g/mol. The van der Waals surface area contributed by atoms with Crippen LogP contribution in [0.15, 0.2) is 39.1 Å². The number of thioether (sulfide) groups is 1. The van der Waals surface area contributed by atoms with Crippen molar-refractivity contribution in [2.75, 3.05) is 24.7 Å². The number of nitrogens with one attached hydrogen (secondary N) is 2. The number of rotatable bonds is 7. The number of aromatic nitrogens is 2. The minimum absolute atomic E-state index is 0.123. The van der Waals surface area contributed by atoms with E-state index in [1.54, 1.807) is 23.4 Å². The molecule has 10 heteroatoms. The number of carbonyl (C=O) groups is 1. The van der Waals surface area contributed by atoms with Crippen LogP contribution in [0.5, 0.6) is 0 Å². The standard InChI is InChI=1S/C21H28N4O4S2/c1-15-18(20(27)24-21(22-15)30-2)11-12-19(26)23-16-7-9-17(10-8-16)31(28,29)25-13-5-3-4-6-14-25/h7-10H,3-6,11-14H2,1-2H3,(H,23,26)(H,22,24,27). The van der Waals surface area contributed by atoms with E-state index in [9.17, 15) is 18.0 Å². The van der Waals surface area contributed by atoms with Crippen LogP contribution in [0.3, 0.4) is 0 Å². The van der Waals surface area contributed by atoms with Crippen LogP contribution in [0.4, 0.5) is 5.69 Å². The number of hydrogen-bond donors (Lipinski definition) is 2. The van der Waals surface area contributed by atoms with E-state index in [2.05, 4.69) is 15.3 Å². The van der Waals surface area contributed by atoms with E-state index in [-0.39, 0.29) is 29.2 Å². The van der Waals surface area contributed by atoms with Crippen LogP contribution < -0.4 is 10.9 Å². The summed E-state index contributed by atoms with van der Waals surface area (Å²) >= 11 is 1.35. The number of aromatic amines is 1. The Bertz CT molecular complexity index is 1070. The molecule has 1 aliphatic rings. The molecule has 1 amide bonds. The molecule has 0 bridgehead atoms. The molecule has 3 rings (SSSR count). The van der Waals surface area contributed by atoms with Gasteiger partial charge in [-0.3, -0.25) is 9.59 Å². The second-order valence-electron chi connectivity index (χ2n) is 7.53. The molecule has 1 aromatic carbocycles. The third-order valence-electron chi connectivity index (χ3n) is 5.34. The first-order valence-corrected chi connectivity index (χ1v) is 13.0.